The summed E-state index contributed by atoms with van der Waals surface area (Å²) in [5.74, 6) is 3.35. The first-order valence-corrected chi connectivity index (χ1v) is 24.5. The number of rotatable bonds is 5. The van der Waals surface area contributed by atoms with Crippen molar-refractivity contribution in [2.45, 2.75) is 68.6 Å². The fraction of sp³-hybridized carbons (Fsp3) is 0.238. The lowest BCUT2D eigenvalue weighted by atomic mass is 9.43. The van der Waals surface area contributed by atoms with E-state index in [-0.39, 0.29) is 10.8 Å². The molecule has 5 fully saturated rings. The number of benzene rings is 8. The fourth-order valence-corrected chi connectivity index (χ4v) is 15.4. The number of hydrogen-bond acceptors (Lipinski definition) is 2. The average molecular weight is 838 g/mol. The van der Waals surface area contributed by atoms with Crippen LogP contribution in [0.1, 0.15) is 80.0 Å². The molecule has 65 heavy (non-hydrogen) atoms. The van der Waals surface area contributed by atoms with Crippen LogP contribution in [-0.4, -0.2) is 0 Å². The van der Waals surface area contributed by atoms with Gasteiger partial charge in [-0.1, -0.05) is 128 Å². The van der Waals surface area contributed by atoms with Crippen LogP contribution < -0.4 is 4.90 Å². The van der Waals surface area contributed by atoms with Gasteiger partial charge in [0.15, 0.2) is 0 Å². The van der Waals surface area contributed by atoms with Crippen molar-refractivity contribution in [3.63, 3.8) is 0 Å². The molecular weight excluding hydrogens is 787 g/mol. The van der Waals surface area contributed by atoms with Crippen LogP contribution >= 0.6 is 0 Å². The predicted octanol–water partition coefficient (Wildman–Crippen LogP) is 17.0. The van der Waals surface area contributed by atoms with E-state index < -0.39 is 0 Å². The second-order valence-corrected chi connectivity index (χ2v) is 20.8. The summed E-state index contributed by atoms with van der Waals surface area (Å²) in [5.41, 5.74) is 22.6. The first-order chi connectivity index (χ1) is 32.1. The third-order valence-corrected chi connectivity index (χ3v) is 17.8. The molecule has 0 N–H and O–H groups in total. The standard InChI is InChI=1S/C63H51NO/c1-2-10-41(11-3-1)42-16-20-47(21-17-42)64(49-22-25-52-50-12-4-6-14-56(50)62(58(52)38-49)28-8-9-29-62)48-23-27-61-55(37-48)54-35-43(19-26-60(54)65-61)44-18-24-53-51-13-5-7-15-57(51)63(59(53)36-44)45-31-39-30-40(33-45)34-46(63)32-39/h1-7,10-27,35-40,45-46H,8-9,28-34H2/t39-,40?,45-,46+,63+. The maximum Gasteiger partial charge on any atom is 0.135 e. The summed E-state index contributed by atoms with van der Waals surface area (Å²) < 4.78 is 6.67. The van der Waals surface area contributed by atoms with Gasteiger partial charge in [-0.25, -0.2) is 0 Å². The molecule has 0 atom stereocenters. The van der Waals surface area contributed by atoms with Crippen LogP contribution in [0, 0.1) is 23.7 Å². The third-order valence-electron chi connectivity index (χ3n) is 17.8. The van der Waals surface area contributed by atoms with Gasteiger partial charge in [-0.3, -0.25) is 0 Å². The van der Waals surface area contributed by atoms with Crippen LogP contribution in [-0.2, 0) is 10.8 Å². The van der Waals surface area contributed by atoms with Gasteiger partial charge in [-0.2, -0.15) is 0 Å². The molecule has 2 spiro atoms. The van der Waals surface area contributed by atoms with E-state index in [4.69, 9.17) is 4.42 Å². The summed E-state index contributed by atoms with van der Waals surface area (Å²) in [6.07, 6.45) is 12.0. The molecule has 0 radical (unpaired) electrons. The summed E-state index contributed by atoms with van der Waals surface area (Å²) in [6, 6.07) is 67.1. The van der Waals surface area contributed by atoms with Crippen LogP contribution in [0.3, 0.4) is 0 Å². The minimum Gasteiger partial charge on any atom is -0.456 e. The van der Waals surface area contributed by atoms with Gasteiger partial charge >= 0.3 is 0 Å². The van der Waals surface area contributed by atoms with Crippen LogP contribution in [0.2, 0.25) is 0 Å². The minimum atomic E-state index is 0.0853. The molecular formula is C63H51NO. The lowest BCUT2D eigenvalue weighted by molar-refractivity contribution is -0.0399. The van der Waals surface area contributed by atoms with E-state index >= 15 is 0 Å². The molecule has 9 aromatic rings. The molecule has 4 bridgehead atoms. The maximum absolute atomic E-state index is 6.67. The summed E-state index contributed by atoms with van der Waals surface area (Å²) in [6.45, 7) is 0. The second kappa shape index (κ2) is 13.5. The summed E-state index contributed by atoms with van der Waals surface area (Å²) in [7, 11) is 0. The normalized spacial score (nSPS) is 23.6. The molecule has 2 nitrogen and oxygen atoms in total. The Hall–Kier alpha value is -6.64. The topological polar surface area (TPSA) is 16.4 Å². The highest BCUT2D eigenvalue weighted by Gasteiger charge is 2.61. The van der Waals surface area contributed by atoms with Crippen LogP contribution in [0.25, 0.3) is 66.4 Å². The maximum atomic E-state index is 6.67. The Kier molecular flexibility index (Phi) is 7.59. The van der Waals surface area contributed by atoms with Crippen LogP contribution in [0.5, 0.6) is 0 Å². The summed E-state index contributed by atoms with van der Waals surface area (Å²) >= 11 is 0. The van der Waals surface area contributed by atoms with Gasteiger partial charge in [-0.15, -0.1) is 0 Å². The lowest BCUT2D eigenvalue weighted by Crippen LogP contribution is -2.55. The average Bonchev–Trinajstić information content (AvgIpc) is 4.13. The number of anilines is 3. The Morgan fingerprint density at radius 2 is 0.908 bits per heavy atom. The molecule has 7 aliphatic carbocycles. The molecule has 1 heterocycles. The highest BCUT2D eigenvalue weighted by atomic mass is 16.3. The van der Waals surface area contributed by atoms with Crippen molar-refractivity contribution in [3.8, 4) is 44.5 Å². The zero-order valence-electron chi connectivity index (χ0n) is 36.8. The lowest BCUT2D eigenvalue weighted by Gasteiger charge is -2.61. The Morgan fingerprint density at radius 3 is 1.68 bits per heavy atom. The number of nitrogens with zero attached hydrogens (tertiary/aromatic N) is 1. The van der Waals surface area contributed by atoms with Gasteiger partial charge in [0.05, 0.1) is 0 Å². The van der Waals surface area contributed by atoms with Crippen molar-refractivity contribution in [3.05, 3.63) is 198 Å². The number of fused-ring (bicyclic) bond motifs is 11. The Morgan fingerprint density at radius 1 is 0.385 bits per heavy atom. The van der Waals surface area contributed by atoms with Gasteiger partial charge in [0, 0.05) is 38.7 Å². The van der Waals surface area contributed by atoms with E-state index in [1.165, 1.54) is 124 Å². The highest BCUT2D eigenvalue weighted by molar-refractivity contribution is 6.08. The van der Waals surface area contributed by atoms with Crippen molar-refractivity contribution in [2.75, 3.05) is 4.90 Å². The SMILES string of the molecule is c1ccc(-c2ccc(N(c3ccc4c(c3)C3(CCCC3)c3ccccc3-4)c3ccc4oc5ccc(-c6ccc7c(c6)[C@]6(c8ccccc8-7)[C@@H]7CC8C[C@@H](C7)C[C@@H]6C8)cc5c4c3)cc2)cc1. The monoisotopic (exact) mass is 837 g/mol. The van der Waals surface area contributed by atoms with E-state index in [1.807, 2.05) is 0 Å². The highest BCUT2D eigenvalue weighted by Crippen LogP contribution is 2.69. The van der Waals surface area contributed by atoms with Gasteiger partial charge in [0.25, 0.3) is 0 Å². The van der Waals surface area contributed by atoms with Crippen LogP contribution in [0.15, 0.2) is 180 Å². The summed E-state index contributed by atoms with van der Waals surface area (Å²) in [4.78, 5) is 2.48. The Labute approximate surface area is 381 Å². The Balaban J connectivity index is 0.869. The minimum absolute atomic E-state index is 0.0853. The largest absolute Gasteiger partial charge is 0.456 e. The Bertz CT molecular complexity index is 3370. The van der Waals surface area contributed by atoms with Crippen molar-refractivity contribution in [1.29, 1.82) is 0 Å². The first kappa shape index (κ1) is 36.7. The fourth-order valence-electron chi connectivity index (χ4n) is 15.4. The van der Waals surface area contributed by atoms with Crippen molar-refractivity contribution >= 4 is 39.0 Å². The second-order valence-electron chi connectivity index (χ2n) is 20.8. The van der Waals surface area contributed by atoms with Crippen molar-refractivity contribution in [2.24, 2.45) is 23.7 Å². The van der Waals surface area contributed by atoms with Gasteiger partial charge < -0.3 is 9.32 Å². The molecule has 0 aliphatic heterocycles. The molecule has 1 aromatic heterocycles. The van der Waals surface area contributed by atoms with Crippen molar-refractivity contribution in [1.82, 2.24) is 0 Å². The third kappa shape index (κ3) is 5.06. The van der Waals surface area contributed by atoms with E-state index in [0.717, 1.165) is 51.6 Å². The molecule has 16 rings (SSSR count). The molecule has 5 saturated carbocycles. The van der Waals surface area contributed by atoms with E-state index in [0.29, 0.717) is 0 Å². The number of hydrogen-bond donors (Lipinski definition) is 0. The van der Waals surface area contributed by atoms with Crippen LogP contribution in [0.4, 0.5) is 17.1 Å². The van der Waals surface area contributed by atoms with Gasteiger partial charge in [0.1, 0.15) is 11.2 Å². The molecule has 314 valence electrons. The van der Waals surface area contributed by atoms with Gasteiger partial charge in [0.2, 0.25) is 0 Å². The first-order valence-electron chi connectivity index (χ1n) is 24.5. The molecule has 0 unspecified atom stereocenters. The molecule has 8 aromatic carbocycles. The molecule has 0 amide bonds. The zero-order chi connectivity index (χ0) is 42.4. The zero-order valence-corrected chi connectivity index (χ0v) is 36.8. The van der Waals surface area contributed by atoms with Gasteiger partial charge in [-0.05, 0) is 196 Å². The quantitative estimate of drug-likeness (QED) is 0.172. The summed E-state index contributed by atoms with van der Waals surface area (Å²) in [5, 5.41) is 2.32. The van der Waals surface area contributed by atoms with Crippen molar-refractivity contribution < 1.29 is 4.42 Å². The van der Waals surface area contributed by atoms with E-state index in [2.05, 4.69) is 181 Å². The van der Waals surface area contributed by atoms with E-state index in [9.17, 15) is 0 Å². The number of furan rings is 1. The van der Waals surface area contributed by atoms with E-state index in [1.54, 1.807) is 11.1 Å². The molecule has 7 aliphatic rings. The molecule has 0 saturated heterocycles. The predicted molar refractivity (Wildman–Crippen MR) is 267 cm³/mol. The molecule has 2 heteroatoms. The smallest absolute Gasteiger partial charge is 0.135 e.